The van der Waals surface area contributed by atoms with Crippen LogP contribution in [0, 0.1) is 97.1 Å². The van der Waals surface area contributed by atoms with Crippen LogP contribution in [0.5, 0.6) is 5.75 Å². The van der Waals surface area contributed by atoms with Gasteiger partial charge in [0.25, 0.3) is 0 Å². The van der Waals surface area contributed by atoms with Gasteiger partial charge in [-0.1, -0.05) is 94.2 Å². The fourth-order valence-electron chi connectivity index (χ4n) is 22.6. The Labute approximate surface area is 503 Å². The number of rotatable bonds is 0. The molecule has 0 bridgehead atoms. The fourth-order valence-corrected chi connectivity index (χ4v) is 22.6. The molecule has 0 aliphatic heterocycles. The standard InChI is InChI=1S/C19H26O3.C19H24O3.C19H22O2.C18H20O2/c2*1-18-8-7-12(20)9-11(18)3-4-13-14-5-6-16(22)19(14,2)10-15(21)17(13)18;1-18-9-7-13(20)11-12(18)3-4-14-15-5-6-17(21)19(15,2)10-8-16(14)18;1-18-9-8-14-13-5-3-12(19)10-11(13)2-4-15(14)16(18)6-7-17(18)20/h9,13-15,17,21H,3-8,10H2,1-2H3;7-9,13-15,17,21H,3-6,10H2,1-2H3;7-9,11,14-15H,3-6,10H2,1-2H3;3,5,8,10,15-16,19H,2,4,6-7,9H2,1H3/t2*13?,14?,15-,17?,18-,19-;14?,15?,18-,19-;15?,16?,18-/m0000/s1. The van der Waals surface area contributed by atoms with Crippen LogP contribution in [0.4, 0.5) is 0 Å². The van der Waals surface area contributed by atoms with Gasteiger partial charge in [0.2, 0.25) is 0 Å². The van der Waals surface area contributed by atoms with Crippen LogP contribution in [0.25, 0.3) is 5.57 Å². The maximum atomic E-state index is 12.4. The number of aliphatic hydroxyl groups is 2. The molecule has 15 aliphatic rings. The van der Waals surface area contributed by atoms with Crippen molar-refractivity contribution < 1.29 is 48.9 Å². The molecule has 1 aromatic rings. The molecule has 19 atom stereocenters. The third-order valence-corrected chi connectivity index (χ3v) is 27.4. The van der Waals surface area contributed by atoms with Crippen molar-refractivity contribution in [2.75, 3.05) is 0 Å². The lowest BCUT2D eigenvalue weighted by molar-refractivity contribution is -0.147. The smallest absolute Gasteiger partial charge is 0.178 e. The predicted molar refractivity (Wildman–Crippen MR) is 326 cm³/mol. The fraction of sp³-hybridized carbons (Fsp3) is 0.640. The van der Waals surface area contributed by atoms with Crippen LogP contribution in [-0.4, -0.2) is 68.0 Å². The Hall–Kier alpha value is -5.19. The van der Waals surface area contributed by atoms with Crippen molar-refractivity contribution in [2.45, 2.75) is 202 Å². The molecule has 15 aliphatic carbocycles. The number of hydrogen-bond donors (Lipinski definition) is 3. The zero-order chi connectivity index (χ0) is 60.1. The predicted octanol–water partition coefficient (Wildman–Crippen LogP) is 13.4. The monoisotopic (exact) mass is 1150 g/mol. The van der Waals surface area contributed by atoms with Crippen LogP contribution in [0.3, 0.4) is 0 Å². The zero-order valence-electron chi connectivity index (χ0n) is 51.6. The number of Topliss-reactive ketones (excluding diaryl/α,β-unsaturated/α-hetero) is 4. The lowest BCUT2D eigenvalue weighted by Gasteiger charge is -2.58. The van der Waals surface area contributed by atoms with Gasteiger partial charge in [-0.2, -0.15) is 0 Å². The molecule has 3 N–H and O–H groups in total. The Kier molecular flexibility index (Phi) is 14.3. The Balaban J connectivity index is 0.000000105. The van der Waals surface area contributed by atoms with Crippen LogP contribution in [0.15, 0.2) is 95.2 Å². The maximum absolute atomic E-state index is 12.4. The first-order valence-corrected chi connectivity index (χ1v) is 33.1. The third-order valence-electron chi connectivity index (χ3n) is 27.4. The normalized spacial score (nSPS) is 45.5. The summed E-state index contributed by atoms with van der Waals surface area (Å²) in [6.07, 6.45) is 36.3. The first-order valence-electron chi connectivity index (χ1n) is 33.1. The minimum atomic E-state index is -0.458. The Morgan fingerprint density at radius 1 is 0.471 bits per heavy atom. The SMILES string of the molecule is C[C@]12C=CC(=O)C=C1CCC1C2=CC[C@]2(C)C(=O)CCC12.C[C@]12C=CC(=O)C=C1CCC1C2[C@@H](O)C[C@]2(C)C(=O)CCC12.C[C@]12CC=C3c4ccc(O)cc4CCC3C1CCC2=O.C[C@]12CCC(=O)C=C1CCC1C2[C@@H](O)C[C@]2(C)C(=O)CCC12. The summed E-state index contributed by atoms with van der Waals surface area (Å²) in [4.78, 5) is 84.5. The molecule has 0 spiro atoms. The van der Waals surface area contributed by atoms with Gasteiger partial charge in [-0.3, -0.25) is 33.6 Å². The van der Waals surface area contributed by atoms with E-state index in [2.05, 4.69) is 72.8 Å². The Morgan fingerprint density at radius 2 is 0.988 bits per heavy atom. The highest BCUT2D eigenvalue weighted by atomic mass is 16.3. The molecule has 1 aromatic carbocycles. The van der Waals surface area contributed by atoms with E-state index in [0.717, 1.165) is 109 Å². The minimum absolute atomic E-state index is 0.0385. The van der Waals surface area contributed by atoms with Crippen LogP contribution in [0.1, 0.15) is 194 Å². The van der Waals surface area contributed by atoms with Gasteiger partial charge in [0.1, 0.15) is 28.9 Å². The largest absolute Gasteiger partial charge is 0.508 e. The van der Waals surface area contributed by atoms with Crippen molar-refractivity contribution in [3.8, 4) is 5.75 Å². The van der Waals surface area contributed by atoms with Crippen molar-refractivity contribution in [3.05, 3.63) is 106 Å². The van der Waals surface area contributed by atoms with E-state index in [1.807, 2.05) is 24.3 Å². The average Bonchev–Trinajstić information content (AvgIpc) is 1.97. The minimum Gasteiger partial charge on any atom is -0.508 e. The lowest BCUT2D eigenvalue weighted by Crippen LogP contribution is -2.56. The second-order valence-electron chi connectivity index (χ2n) is 31.2. The second-order valence-corrected chi connectivity index (χ2v) is 31.2. The van der Waals surface area contributed by atoms with Gasteiger partial charge < -0.3 is 15.3 Å². The molecule has 0 heterocycles. The number of phenols is 1. The van der Waals surface area contributed by atoms with E-state index < -0.39 is 12.2 Å². The summed E-state index contributed by atoms with van der Waals surface area (Å²) in [6.45, 7) is 15.2. The summed E-state index contributed by atoms with van der Waals surface area (Å²) >= 11 is 0. The van der Waals surface area contributed by atoms with Crippen LogP contribution in [-0.2, 0) is 40.0 Å². The highest BCUT2D eigenvalue weighted by Crippen LogP contribution is 2.67. The van der Waals surface area contributed by atoms with Crippen LogP contribution >= 0.6 is 0 Å². The summed E-state index contributed by atoms with van der Waals surface area (Å²) in [6, 6.07) is 5.75. The molecule has 85 heavy (non-hydrogen) atoms. The summed E-state index contributed by atoms with van der Waals surface area (Å²) in [5.74, 6) is 6.56. The highest BCUT2D eigenvalue weighted by Gasteiger charge is 2.64. The molecule has 0 saturated heterocycles. The van der Waals surface area contributed by atoms with Gasteiger partial charge in [0, 0.05) is 70.5 Å². The molecule has 9 fully saturated rings. The average molecular weight is 1150 g/mol. The number of benzene rings is 1. The van der Waals surface area contributed by atoms with Crippen molar-refractivity contribution in [1.29, 1.82) is 0 Å². The molecule has 16 rings (SSSR count). The van der Waals surface area contributed by atoms with Crippen molar-refractivity contribution in [2.24, 2.45) is 97.1 Å². The molecule has 9 saturated carbocycles. The molecule has 10 nitrogen and oxygen atoms in total. The topological polar surface area (TPSA) is 180 Å². The van der Waals surface area contributed by atoms with E-state index in [-0.39, 0.29) is 67.1 Å². The molecular formula is C75H92O10. The number of allylic oxidation sites excluding steroid dienone is 13. The first-order chi connectivity index (χ1) is 40.3. The number of aliphatic hydroxyl groups excluding tert-OH is 2. The highest BCUT2D eigenvalue weighted by molar-refractivity contribution is 6.02. The number of aromatic hydroxyl groups is 1. The van der Waals surface area contributed by atoms with Gasteiger partial charge in [-0.15, -0.1) is 0 Å². The van der Waals surface area contributed by atoms with Crippen molar-refractivity contribution in [1.82, 2.24) is 0 Å². The summed E-state index contributed by atoms with van der Waals surface area (Å²) in [5, 5.41) is 31.5. The number of aryl methyl sites for hydroxylation is 1. The molecule has 0 radical (unpaired) electrons. The molecule has 0 amide bonds. The number of ketones is 7. The number of fused-ring (bicyclic) bond motifs is 20. The zero-order valence-corrected chi connectivity index (χ0v) is 51.6. The van der Waals surface area contributed by atoms with Gasteiger partial charge in [-0.25, -0.2) is 0 Å². The number of carbonyl (C=O) groups excluding carboxylic acids is 7. The van der Waals surface area contributed by atoms with Gasteiger partial charge >= 0.3 is 0 Å². The second kappa shape index (κ2) is 20.7. The van der Waals surface area contributed by atoms with Crippen molar-refractivity contribution >= 4 is 46.1 Å². The lowest BCUT2D eigenvalue weighted by atomic mass is 9.46. The number of carbonyl (C=O) groups is 7. The van der Waals surface area contributed by atoms with E-state index in [1.54, 1.807) is 24.3 Å². The van der Waals surface area contributed by atoms with Crippen LogP contribution in [0.2, 0.25) is 0 Å². The van der Waals surface area contributed by atoms with Crippen LogP contribution < -0.4 is 0 Å². The van der Waals surface area contributed by atoms with E-state index in [9.17, 15) is 48.9 Å². The quantitative estimate of drug-likeness (QED) is 0.212. The number of hydrogen-bond acceptors (Lipinski definition) is 10. The summed E-state index contributed by atoms with van der Waals surface area (Å²) < 4.78 is 0. The molecule has 0 aromatic heterocycles. The van der Waals surface area contributed by atoms with Gasteiger partial charge in [0.05, 0.1) is 12.2 Å². The van der Waals surface area contributed by atoms with E-state index >= 15 is 0 Å². The molecule has 452 valence electrons. The third kappa shape index (κ3) is 8.96. The van der Waals surface area contributed by atoms with Gasteiger partial charge in [-0.05, 0) is 234 Å². The van der Waals surface area contributed by atoms with E-state index in [0.29, 0.717) is 108 Å². The molecular weight excluding hydrogens is 1060 g/mol. The Morgan fingerprint density at radius 3 is 1.64 bits per heavy atom. The number of phenolic OH excluding ortho intramolecular Hbond substituents is 1. The van der Waals surface area contributed by atoms with Gasteiger partial charge in [0.15, 0.2) is 17.3 Å². The molecule has 10 unspecified atom stereocenters. The summed E-state index contributed by atoms with van der Waals surface area (Å²) in [7, 11) is 0. The maximum Gasteiger partial charge on any atom is 0.178 e. The van der Waals surface area contributed by atoms with E-state index in [4.69, 9.17) is 0 Å². The Bertz CT molecular complexity index is 3320. The van der Waals surface area contributed by atoms with Crippen molar-refractivity contribution in [3.63, 3.8) is 0 Å². The van der Waals surface area contributed by atoms with E-state index in [1.165, 1.54) is 39.0 Å². The summed E-state index contributed by atoms with van der Waals surface area (Å²) in [5.41, 5.74) is 7.98. The first kappa shape index (κ1) is 58.8. The molecule has 10 heteroatoms.